The molecule has 71 heavy (non-hydrogen) atoms. The van der Waals surface area contributed by atoms with Crippen LogP contribution in [0.3, 0.4) is 0 Å². The van der Waals surface area contributed by atoms with Crippen LogP contribution in [-0.4, -0.2) is 28.7 Å². The fourth-order valence-electron chi connectivity index (χ4n) is 11.0. The van der Waals surface area contributed by atoms with Crippen molar-refractivity contribution in [3.63, 3.8) is 0 Å². The molecule has 9 heteroatoms. The highest BCUT2D eigenvalue weighted by atomic mass is 19.1. The molecule has 8 aromatic heterocycles. The first-order chi connectivity index (χ1) is 35.0. The molecule has 0 spiro atoms. The van der Waals surface area contributed by atoms with Gasteiger partial charge in [-0.05, 0) is 78.9 Å². The number of rotatable bonds is 7. The second-order valence-corrected chi connectivity index (χ2v) is 18.1. The van der Waals surface area contributed by atoms with Gasteiger partial charge in [0, 0.05) is 65.9 Å². The van der Waals surface area contributed by atoms with Crippen molar-refractivity contribution in [2.45, 2.75) is 0 Å². The first-order valence-electron chi connectivity index (χ1n) is 23.5. The van der Waals surface area contributed by atoms with Crippen LogP contribution in [0.2, 0.25) is 0 Å². The van der Waals surface area contributed by atoms with Gasteiger partial charge in [0.05, 0.1) is 85.0 Å². The van der Waals surface area contributed by atoms with Crippen LogP contribution in [-0.2, 0) is 0 Å². The SMILES string of the molecule is Fc1ccc(N(c2ccc(F)cc2)c2c3c(cc4c5nc(-c6ccccc6)cc6c7cc(-c8ccccc8)ncc7n(c24)c65)c2nc(-c4ccccc4)cc4c5cc(-c6ccccc6)ncc5n3c42)cc1. The van der Waals surface area contributed by atoms with Crippen molar-refractivity contribution in [1.82, 2.24) is 28.7 Å². The predicted octanol–water partition coefficient (Wildman–Crippen LogP) is 16.0. The average Bonchev–Trinajstić information content (AvgIpc) is 4.15. The minimum atomic E-state index is -0.372. The van der Waals surface area contributed by atoms with E-state index in [1.165, 1.54) is 24.3 Å². The van der Waals surface area contributed by atoms with Crippen LogP contribution in [0.25, 0.3) is 121 Å². The first kappa shape index (κ1) is 39.4. The molecule has 0 atom stereocenters. The molecule has 0 unspecified atom stereocenters. The van der Waals surface area contributed by atoms with Gasteiger partial charge in [0.1, 0.15) is 11.6 Å². The van der Waals surface area contributed by atoms with Crippen LogP contribution in [0.5, 0.6) is 0 Å². The zero-order chi connectivity index (χ0) is 46.9. The number of hydrogen-bond donors (Lipinski definition) is 0. The van der Waals surface area contributed by atoms with Gasteiger partial charge >= 0.3 is 0 Å². The third-order valence-corrected chi connectivity index (χ3v) is 14.1. The molecule has 0 bridgehead atoms. The molecule has 0 saturated carbocycles. The van der Waals surface area contributed by atoms with E-state index in [1.807, 2.05) is 85.2 Å². The molecule has 332 valence electrons. The molecule has 7 nitrogen and oxygen atoms in total. The Morgan fingerprint density at radius 1 is 0.338 bits per heavy atom. The molecule has 15 rings (SSSR count). The van der Waals surface area contributed by atoms with E-state index in [-0.39, 0.29) is 11.6 Å². The number of aromatic nitrogens is 6. The maximum absolute atomic E-state index is 15.1. The molecule has 0 aliphatic carbocycles. The molecule has 0 saturated heterocycles. The Labute approximate surface area is 403 Å². The summed E-state index contributed by atoms with van der Waals surface area (Å²) in [5, 5.41) is 5.87. The standard InChI is InChI=1S/C62H35F2N7/c63-40-21-25-42(26-22-40)69(43-27-23-41(64)24-28-43)62-60-48(56-58-46(32-52(67-56)38-17-9-3-10-18-38)44-30-50(36-13-5-1-6-14-36)65-34-54(44)70(58)60)29-49-57-59-47(33-53(68-57)39-19-11-4-12-20-39)45-31-51(37-15-7-2-8-16-37)66-35-55(45)71(59)61(49)62/h1-35H. The van der Waals surface area contributed by atoms with Crippen LogP contribution in [0.1, 0.15) is 0 Å². The van der Waals surface area contributed by atoms with Crippen molar-refractivity contribution in [2.24, 2.45) is 0 Å². The Hall–Kier alpha value is -9.60. The lowest BCUT2D eigenvalue weighted by Gasteiger charge is -2.27. The topological polar surface area (TPSA) is 63.6 Å². The summed E-state index contributed by atoms with van der Waals surface area (Å²) in [6.45, 7) is 0. The lowest BCUT2D eigenvalue weighted by molar-refractivity contribution is 0.628. The molecular formula is C62H35F2N7. The summed E-state index contributed by atoms with van der Waals surface area (Å²) in [6, 6.07) is 65.0. The van der Waals surface area contributed by atoms with Gasteiger partial charge in [0.15, 0.2) is 0 Å². The fourth-order valence-corrected chi connectivity index (χ4v) is 11.0. The summed E-state index contributed by atoms with van der Waals surface area (Å²) in [4.78, 5) is 23.6. The molecule has 7 aromatic carbocycles. The van der Waals surface area contributed by atoms with Gasteiger partial charge in [0.2, 0.25) is 0 Å². The number of anilines is 3. The van der Waals surface area contributed by atoms with Crippen molar-refractivity contribution >= 4 is 93.5 Å². The minimum absolute atomic E-state index is 0.372. The maximum Gasteiger partial charge on any atom is 0.123 e. The Morgan fingerprint density at radius 3 is 1.07 bits per heavy atom. The molecule has 8 heterocycles. The van der Waals surface area contributed by atoms with E-state index >= 15 is 8.78 Å². The third kappa shape index (κ3) is 5.80. The number of nitrogens with zero attached hydrogens (tertiary/aromatic N) is 7. The van der Waals surface area contributed by atoms with Gasteiger partial charge in [-0.25, -0.2) is 18.7 Å². The molecule has 0 N–H and O–H groups in total. The van der Waals surface area contributed by atoms with Gasteiger partial charge in [-0.15, -0.1) is 0 Å². The fraction of sp³-hybridized carbons (Fsp3) is 0. The molecular weight excluding hydrogens is 881 g/mol. The summed E-state index contributed by atoms with van der Waals surface area (Å²) in [5.74, 6) is -0.744. The molecule has 0 aliphatic heterocycles. The smallest absolute Gasteiger partial charge is 0.123 e. The van der Waals surface area contributed by atoms with E-state index in [1.54, 1.807) is 24.3 Å². The Kier molecular flexibility index (Phi) is 8.30. The van der Waals surface area contributed by atoms with E-state index in [9.17, 15) is 0 Å². The van der Waals surface area contributed by atoms with Gasteiger partial charge in [-0.1, -0.05) is 121 Å². The Balaban J connectivity index is 1.19. The van der Waals surface area contributed by atoms with Gasteiger partial charge in [0.25, 0.3) is 0 Å². The number of pyridine rings is 4. The zero-order valence-corrected chi connectivity index (χ0v) is 37.6. The number of fused-ring (bicyclic) bond motifs is 12. The van der Waals surface area contributed by atoms with Crippen molar-refractivity contribution in [3.8, 4) is 45.0 Å². The van der Waals surface area contributed by atoms with Crippen molar-refractivity contribution in [3.05, 3.63) is 224 Å². The normalized spacial score (nSPS) is 12.1. The maximum atomic E-state index is 15.1. The van der Waals surface area contributed by atoms with Crippen molar-refractivity contribution in [1.29, 1.82) is 0 Å². The summed E-state index contributed by atoms with van der Waals surface area (Å²) in [5.41, 5.74) is 16.4. The molecule has 0 aliphatic rings. The van der Waals surface area contributed by atoms with Crippen molar-refractivity contribution in [2.75, 3.05) is 4.90 Å². The highest BCUT2D eigenvalue weighted by Gasteiger charge is 2.32. The van der Waals surface area contributed by atoms with E-state index in [4.69, 9.17) is 19.9 Å². The highest BCUT2D eigenvalue weighted by molar-refractivity contribution is 6.33. The molecule has 15 aromatic rings. The summed E-state index contributed by atoms with van der Waals surface area (Å²) >= 11 is 0. The quantitative estimate of drug-likeness (QED) is 0.159. The Bertz CT molecular complexity index is 4270. The van der Waals surface area contributed by atoms with Crippen LogP contribution in [0, 0.1) is 11.6 Å². The number of hydrogen-bond acceptors (Lipinski definition) is 5. The second-order valence-electron chi connectivity index (χ2n) is 18.1. The van der Waals surface area contributed by atoms with E-state index in [0.29, 0.717) is 11.4 Å². The van der Waals surface area contributed by atoms with Gasteiger partial charge in [-0.2, -0.15) is 0 Å². The van der Waals surface area contributed by atoms with E-state index in [2.05, 4.69) is 92.6 Å². The number of halogens is 2. The van der Waals surface area contributed by atoms with E-state index in [0.717, 1.165) is 127 Å². The minimum Gasteiger partial charge on any atom is -0.307 e. The van der Waals surface area contributed by atoms with Gasteiger partial charge in [-0.3, -0.25) is 9.97 Å². The van der Waals surface area contributed by atoms with Gasteiger partial charge < -0.3 is 13.7 Å². The van der Waals surface area contributed by atoms with Crippen LogP contribution in [0.4, 0.5) is 25.8 Å². The summed E-state index contributed by atoms with van der Waals surface area (Å²) in [6.07, 6.45) is 3.94. The van der Waals surface area contributed by atoms with Crippen LogP contribution in [0.15, 0.2) is 213 Å². The van der Waals surface area contributed by atoms with Crippen LogP contribution < -0.4 is 4.90 Å². The second kappa shape index (κ2) is 14.9. The van der Waals surface area contributed by atoms with Crippen molar-refractivity contribution < 1.29 is 8.78 Å². The molecule has 0 amide bonds. The largest absolute Gasteiger partial charge is 0.307 e. The Morgan fingerprint density at radius 2 is 0.690 bits per heavy atom. The summed E-state index contributed by atoms with van der Waals surface area (Å²) in [7, 11) is 0. The highest BCUT2D eigenvalue weighted by Crippen LogP contribution is 2.53. The molecule has 0 radical (unpaired) electrons. The van der Waals surface area contributed by atoms with Crippen LogP contribution >= 0.6 is 0 Å². The predicted molar refractivity (Wildman–Crippen MR) is 283 cm³/mol. The lowest BCUT2D eigenvalue weighted by Crippen LogP contribution is -2.12. The average molecular weight is 916 g/mol. The van der Waals surface area contributed by atoms with E-state index < -0.39 is 0 Å². The molecule has 0 fully saturated rings. The first-order valence-corrected chi connectivity index (χ1v) is 23.5. The third-order valence-electron chi connectivity index (χ3n) is 14.1. The zero-order valence-electron chi connectivity index (χ0n) is 37.6. The number of benzene rings is 7. The lowest BCUT2D eigenvalue weighted by atomic mass is 10.0. The summed E-state index contributed by atoms with van der Waals surface area (Å²) < 4.78 is 34.9. The monoisotopic (exact) mass is 915 g/mol.